The van der Waals surface area contributed by atoms with Gasteiger partial charge < -0.3 is 10.4 Å². The Morgan fingerprint density at radius 1 is 1.33 bits per heavy atom. The molecule has 84 valence electrons. The Bertz CT molecular complexity index is 322. The fourth-order valence-electron chi connectivity index (χ4n) is 1.86. The fraction of sp³-hybridized carbons (Fsp3) is 0.538. The SMILES string of the molecule is CCNC(C)C(O)c1ccc(C)cc1C. The second kappa shape index (κ2) is 5.29. The Morgan fingerprint density at radius 3 is 2.53 bits per heavy atom. The number of nitrogens with one attached hydrogen (secondary N) is 1. The van der Waals surface area contributed by atoms with Gasteiger partial charge in [0.15, 0.2) is 0 Å². The molecule has 1 aromatic carbocycles. The molecule has 1 aromatic rings. The molecule has 1 rings (SSSR count). The average molecular weight is 207 g/mol. The number of aliphatic hydroxyl groups is 1. The summed E-state index contributed by atoms with van der Waals surface area (Å²) in [6.45, 7) is 9.04. The van der Waals surface area contributed by atoms with Crippen LogP contribution in [0.1, 0.15) is 36.6 Å². The largest absolute Gasteiger partial charge is 0.387 e. The summed E-state index contributed by atoms with van der Waals surface area (Å²) < 4.78 is 0. The van der Waals surface area contributed by atoms with E-state index in [1.165, 1.54) is 5.56 Å². The van der Waals surface area contributed by atoms with E-state index in [4.69, 9.17) is 0 Å². The van der Waals surface area contributed by atoms with Crippen LogP contribution in [-0.4, -0.2) is 17.7 Å². The van der Waals surface area contributed by atoms with Gasteiger partial charge in [0.05, 0.1) is 6.10 Å². The zero-order chi connectivity index (χ0) is 11.4. The van der Waals surface area contributed by atoms with Crippen LogP contribution in [0.25, 0.3) is 0 Å². The standard InChI is InChI=1S/C13H21NO/c1-5-14-11(4)13(15)12-7-6-9(2)8-10(12)3/h6-8,11,13-15H,5H2,1-4H3. The predicted octanol–water partition coefficient (Wildman–Crippen LogP) is 2.33. The number of rotatable bonds is 4. The maximum Gasteiger partial charge on any atom is 0.0942 e. The van der Waals surface area contributed by atoms with Gasteiger partial charge in [-0.3, -0.25) is 0 Å². The lowest BCUT2D eigenvalue weighted by atomic mass is 9.97. The number of aryl methyl sites for hydroxylation is 2. The van der Waals surface area contributed by atoms with E-state index < -0.39 is 6.10 Å². The van der Waals surface area contributed by atoms with Gasteiger partial charge in [0.1, 0.15) is 0 Å². The smallest absolute Gasteiger partial charge is 0.0942 e. The van der Waals surface area contributed by atoms with Crippen LogP contribution >= 0.6 is 0 Å². The summed E-state index contributed by atoms with van der Waals surface area (Å²) in [5.41, 5.74) is 3.42. The van der Waals surface area contributed by atoms with Gasteiger partial charge in [-0.2, -0.15) is 0 Å². The van der Waals surface area contributed by atoms with E-state index in [-0.39, 0.29) is 6.04 Å². The van der Waals surface area contributed by atoms with Crippen LogP contribution in [0, 0.1) is 13.8 Å². The van der Waals surface area contributed by atoms with E-state index in [0.29, 0.717) is 0 Å². The van der Waals surface area contributed by atoms with Crippen molar-refractivity contribution in [2.24, 2.45) is 0 Å². The van der Waals surface area contributed by atoms with Gasteiger partial charge in [0.2, 0.25) is 0 Å². The molecule has 0 aliphatic rings. The normalized spacial score (nSPS) is 15.0. The molecule has 2 N–H and O–H groups in total. The molecule has 0 saturated carbocycles. The molecule has 0 saturated heterocycles. The maximum atomic E-state index is 10.1. The highest BCUT2D eigenvalue weighted by Crippen LogP contribution is 2.21. The van der Waals surface area contributed by atoms with Crippen molar-refractivity contribution in [3.05, 3.63) is 34.9 Å². The number of aliphatic hydroxyl groups excluding tert-OH is 1. The first kappa shape index (κ1) is 12.2. The van der Waals surface area contributed by atoms with E-state index in [9.17, 15) is 5.11 Å². The van der Waals surface area contributed by atoms with Gasteiger partial charge in [-0.05, 0) is 38.4 Å². The maximum absolute atomic E-state index is 10.1. The van der Waals surface area contributed by atoms with Crippen LogP contribution in [0.15, 0.2) is 18.2 Å². The van der Waals surface area contributed by atoms with E-state index in [2.05, 4.69) is 18.3 Å². The zero-order valence-electron chi connectivity index (χ0n) is 10.0. The summed E-state index contributed by atoms with van der Waals surface area (Å²) in [4.78, 5) is 0. The molecule has 2 heteroatoms. The molecule has 2 unspecified atom stereocenters. The molecular weight excluding hydrogens is 186 g/mol. The number of hydrogen-bond acceptors (Lipinski definition) is 2. The molecule has 0 aliphatic heterocycles. The van der Waals surface area contributed by atoms with Crippen LogP contribution < -0.4 is 5.32 Å². The van der Waals surface area contributed by atoms with Crippen molar-refractivity contribution >= 4 is 0 Å². The summed E-state index contributed by atoms with van der Waals surface area (Å²) in [6, 6.07) is 6.27. The first-order chi connectivity index (χ1) is 7.06. The topological polar surface area (TPSA) is 32.3 Å². The zero-order valence-corrected chi connectivity index (χ0v) is 10.0. The Morgan fingerprint density at radius 2 is 2.00 bits per heavy atom. The molecule has 0 radical (unpaired) electrons. The molecule has 2 nitrogen and oxygen atoms in total. The molecule has 2 atom stereocenters. The summed E-state index contributed by atoms with van der Waals surface area (Å²) >= 11 is 0. The summed E-state index contributed by atoms with van der Waals surface area (Å²) in [7, 11) is 0. The minimum Gasteiger partial charge on any atom is -0.387 e. The molecule has 0 aromatic heterocycles. The van der Waals surface area contributed by atoms with Crippen molar-refractivity contribution < 1.29 is 5.11 Å². The number of hydrogen-bond donors (Lipinski definition) is 2. The van der Waals surface area contributed by atoms with Crippen LogP contribution in [0.2, 0.25) is 0 Å². The minimum atomic E-state index is -0.425. The highest BCUT2D eigenvalue weighted by molar-refractivity contribution is 5.32. The molecule has 0 aliphatic carbocycles. The molecule has 15 heavy (non-hydrogen) atoms. The minimum absolute atomic E-state index is 0.0939. The third-order valence-corrected chi connectivity index (χ3v) is 2.74. The summed E-state index contributed by atoms with van der Waals surface area (Å²) in [5, 5.41) is 13.4. The summed E-state index contributed by atoms with van der Waals surface area (Å²) in [5.74, 6) is 0. The van der Waals surface area contributed by atoms with Crippen LogP contribution in [0.5, 0.6) is 0 Å². The van der Waals surface area contributed by atoms with Gasteiger partial charge in [-0.1, -0.05) is 30.7 Å². The third-order valence-electron chi connectivity index (χ3n) is 2.74. The molecule has 0 bridgehead atoms. The molecule has 0 amide bonds. The van der Waals surface area contributed by atoms with Crippen molar-refractivity contribution in [1.29, 1.82) is 0 Å². The van der Waals surface area contributed by atoms with Crippen LogP contribution in [0.4, 0.5) is 0 Å². The van der Waals surface area contributed by atoms with E-state index >= 15 is 0 Å². The van der Waals surface area contributed by atoms with Crippen molar-refractivity contribution in [3.63, 3.8) is 0 Å². The lowest BCUT2D eigenvalue weighted by molar-refractivity contribution is 0.136. The van der Waals surface area contributed by atoms with Crippen molar-refractivity contribution in [3.8, 4) is 0 Å². The lowest BCUT2D eigenvalue weighted by Gasteiger charge is -2.21. The molecule has 0 spiro atoms. The van der Waals surface area contributed by atoms with Gasteiger partial charge in [-0.15, -0.1) is 0 Å². The Labute approximate surface area is 92.3 Å². The molecular formula is C13H21NO. The monoisotopic (exact) mass is 207 g/mol. The second-order valence-electron chi connectivity index (χ2n) is 4.15. The first-order valence-electron chi connectivity index (χ1n) is 5.54. The molecule has 0 heterocycles. The Kier molecular flexibility index (Phi) is 4.30. The van der Waals surface area contributed by atoms with E-state index in [1.54, 1.807) is 0 Å². The number of benzene rings is 1. The summed E-state index contributed by atoms with van der Waals surface area (Å²) in [6.07, 6.45) is -0.425. The highest BCUT2D eigenvalue weighted by atomic mass is 16.3. The van der Waals surface area contributed by atoms with Crippen molar-refractivity contribution in [2.75, 3.05) is 6.54 Å². The Balaban J connectivity index is 2.86. The average Bonchev–Trinajstić information content (AvgIpc) is 2.17. The fourth-order valence-corrected chi connectivity index (χ4v) is 1.86. The predicted molar refractivity (Wildman–Crippen MR) is 64.0 cm³/mol. The first-order valence-corrected chi connectivity index (χ1v) is 5.54. The van der Waals surface area contributed by atoms with Gasteiger partial charge in [0.25, 0.3) is 0 Å². The van der Waals surface area contributed by atoms with E-state index in [0.717, 1.165) is 17.7 Å². The van der Waals surface area contributed by atoms with Gasteiger partial charge in [-0.25, -0.2) is 0 Å². The Hall–Kier alpha value is -0.860. The van der Waals surface area contributed by atoms with Crippen LogP contribution in [-0.2, 0) is 0 Å². The lowest BCUT2D eigenvalue weighted by Crippen LogP contribution is -2.32. The quantitative estimate of drug-likeness (QED) is 0.794. The second-order valence-corrected chi connectivity index (χ2v) is 4.15. The third kappa shape index (κ3) is 3.05. The highest BCUT2D eigenvalue weighted by Gasteiger charge is 2.16. The van der Waals surface area contributed by atoms with E-state index in [1.807, 2.05) is 32.9 Å². The molecule has 0 fully saturated rings. The number of likely N-dealkylation sites (N-methyl/N-ethyl adjacent to an activating group) is 1. The van der Waals surface area contributed by atoms with Gasteiger partial charge in [0, 0.05) is 6.04 Å². The van der Waals surface area contributed by atoms with Crippen molar-refractivity contribution in [1.82, 2.24) is 5.32 Å². The van der Waals surface area contributed by atoms with Crippen LogP contribution in [0.3, 0.4) is 0 Å². The van der Waals surface area contributed by atoms with Crippen molar-refractivity contribution in [2.45, 2.75) is 39.8 Å². The van der Waals surface area contributed by atoms with Gasteiger partial charge >= 0.3 is 0 Å².